The van der Waals surface area contributed by atoms with Gasteiger partial charge in [0.15, 0.2) is 18.1 Å². The summed E-state index contributed by atoms with van der Waals surface area (Å²) >= 11 is 3.41. The highest BCUT2D eigenvalue weighted by Crippen LogP contribution is 2.39. The van der Waals surface area contributed by atoms with Crippen LogP contribution in [-0.4, -0.2) is 37.4 Å². The summed E-state index contributed by atoms with van der Waals surface area (Å²) in [5.41, 5.74) is 1.70. The number of rotatable bonds is 6. The SMILES string of the molecule is COc1cc(C=O)ccc1OCC(=O)N1CCc2sccc2[C@H]1c1cccs1. The predicted molar refractivity (Wildman–Crippen MR) is 110 cm³/mol. The van der Waals surface area contributed by atoms with Crippen LogP contribution in [0, 0.1) is 0 Å². The van der Waals surface area contributed by atoms with E-state index in [0.717, 1.165) is 17.6 Å². The summed E-state index contributed by atoms with van der Waals surface area (Å²) in [4.78, 5) is 28.4. The highest BCUT2D eigenvalue weighted by molar-refractivity contribution is 7.10. The van der Waals surface area contributed by atoms with Gasteiger partial charge in [0.25, 0.3) is 5.91 Å². The van der Waals surface area contributed by atoms with Gasteiger partial charge in [0.05, 0.1) is 13.2 Å². The van der Waals surface area contributed by atoms with Crippen LogP contribution in [0.3, 0.4) is 0 Å². The van der Waals surface area contributed by atoms with Crippen LogP contribution in [-0.2, 0) is 11.2 Å². The zero-order valence-corrected chi connectivity index (χ0v) is 16.9. The molecular weight excluding hydrogens is 394 g/mol. The Morgan fingerprint density at radius 1 is 1.21 bits per heavy atom. The molecule has 28 heavy (non-hydrogen) atoms. The van der Waals surface area contributed by atoms with Gasteiger partial charge in [-0.3, -0.25) is 9.59 Å². The van der Waals surface area contributed by atoms with Gasteiger partial charge in [-0.1, -0.05) is 6.07 Å². The fourth-order valence-electron chi connectivity index (χ4n) is 3.44. The van der Waals surface area contributed by atoms with Gasteiger partial charge < -0.3 is 14.4 Å². The number of hydrogen-bond donors (Lipinski definition) is 0. The predicted octanol–water partition coefficient (Wildman–Crippen LogP) is 4.18. The molecule has 0 aliphatic carbocycles. The monoisotopic (exact) mass is 413 g/mol. The first kappa shape index (κ1) is 18.7. The van der Waals surface area contributed by atoms with Crippen molar-refractivity contribution in [2.24, 2.45) is 0 Å². The number of nitrogens with zero attached hydrogens (tertiary/aromatic N) is 1. The molecular formula is C21H19NO4S2. The lowest BCUT2D eigenvalue weighted by Gasteiger charge is -2.35. The fourth-order valence-corrected chi connectivity index (χ4v) is 5.20. The zero-order chi connectivity index (χ0) is 19.5. The highest BCUT2D eigenvalue weighted by atomic mass is 32.1. The third-order valence-electron chi connectivity index (χ3n) is 4.77. The van der Waals surface area contributed by atoms with Crippen molar-refractivity contribution < 1.29 is 19.1 Å². The first-order chi connectivity index (χ1) is 13.7. The molecule has 1 amide bonds. The third-order valence-corrected chi connectivity index (χ3v) is 6.70. The van der Waals surface area contributed by atoms with Crippen LogP contribution < -0.4 is 9.47 Å². The molecule has 0 bridgehead atoms. The summed E-state index contributed by atoms with van der Waals surface area (Å²) in [7, 11) is 1.51. The van der Waals surface area contributed by atoms with Crippen LogP contribution >= 0.6 is 22.7 Å². The molecule has 1 aromatic carbocycles. The van der Waals surface area contributed by atoms with Crippen LogP contribution in [0.4, 0.5) is 0 Å². The number of aldehydes is 1. The molecule has 0 spiro atoms. The number of carbonyl (C=O) groups is 2. The third kappa shape index (κ3) is 3.55. The lowest BCUT2D eigenvalue weighted by atomic mass is 9.98. The topological polar surface area (TPSA) is 55.8 Å². The second-order valence-electron chi connectivity index (χ2n) is 6.37. The van der Waals surface area contributed by atoms with E-state index >= 15 is 0 Å². The van der Waals surface area contributed by atoms with Crippen LogP contribution in [0.2, 0.25) is 0 Å². The number of ether oxygens (including phenoxy) is 2. The maximum Gasteiger partial charge on any atom is 0.261 e. The molecule has 3 heterocycles. The minimum atomic E-state index is -0.0852. The van der Waals surface area contributed by atoms with Gasteiger partial charge in [-0.15, -0.1) is 22.7 Å². The van der Waals surface area contributed by atoms with Gasteiger partial charge in [0.1, 0.15) is 6.29 Å². The molecule has 7 heteroatoms. The van der Waals surface area contributed by atoms with E-state index in [2.05, 4.69) is 17.5 Å². The molecule has 1 aliphatic rings. The quantitative estimate of drug-likeness (QED) is 0.569. The van der Waals surface area contributed by atoms with E-state index in [1.165, 1.54) is 17.6 Å². The second kappa shape index (κ2) is 8.16. The standard InChI is InChI=1S/C21H19NO4S2/c1-25-17-11-14(12-23)4-5-16(17)26-13-20(24)22-8-6-18-15(7-10-28-18)21(22)19-3-2-9-27-19/h2-5,7,9-12,21H,6,8,13H2,1H3/t21-/m0/s1. The number of hydrogen-bond acceptors (Lipinski definition) is 6. The number of thiophene rings is 2. The fraction of sp³-hybridized carbons (Fsp3) is 0.238. The van der Waals surface area contributed by atoms with Crippen molar-refractivity contribution in [3.8, 4) is 11.5 Å². The van der Waals surface area contributed by atoms with E-state index in [-0.39, 0.29) is 18.6 Å². The van der Waals surface area contributed by atoms with Gasteiger partial charge in [-0.2, -0.15) is 0 Å². The van der Waals surface area contributed by atoms with Gasteiger partial charge >= 0.3 is 0 Å². The number of benzene rings is 1. The van der Waals surface area contributed by atoms with Gasteiger partial charge in [0, 0.05) is 21.9 Å². The Bertz CT molecular complexity index is 980. The van der Waals surface area contributed by atoms with E-state index in [4.69, 9.17) is 9.47 Å². The number of carbonyl (C=O) groups excluding carboxylic acids is 2. The summed E-state index contributed by atoms with van der Waals surface area (Å²) in [6, 6.07) is 11.0. The van der Waals surface area contributed by atoms with Gasteiger partial charge in [-0.05, 0) is 53.1 Å². The van der Waals surface area contributed by atoms with Crippen molar-refractivity contribution in [1.82, 2.24) is 4.90 Å². The van der Waals surface area contributed by atoms with Gasteiger partial charge in [0.2, 0.25) is 0 Å². The summed E-state index contributed by atoms with van der Waals surface area (Å²) in [5, 5.41) is 4.13. The average Bonchev–Trinajstić information content (AvgIpc) is 3.42. The summed E-state index contributed by atoms with van der Waals surface area (Å²) < 4.78 is 11.0. The van der Waals surface area contributed by atoms with Crippen molar-refractivity contribution in [2.75, 3.05) is 20.3 Å². The molecule has 0 radical (unpaired) electrons. The van der Waals surface area contributed by atoms with Crippen LogP contribution in [0.5, 0.6) is 11.5 Å². The van der Waals surface area contributed by atoms with E-state index in [1.807, 2.05) is 16.3 Å². The zero-order valence-electron chi connectivity index (χ0n) is 15.3. The smallest absolute Gasteiger partial charge is 0.261 e. The summed E-state index contributed by atoms with van der Waals surface area (Å²) in [5.74, 6) is 0.810. The maximum absolute atomic E-state index is 13.0. The molecule has 4 rings (SSSR count). The Morgan fingerprint density at radius 3 is 2.86 bits per heavy atom. The Kier molecular flexibility index (Phi) is 5.45. The van der Waals surface area contributed by atoms with Crippen molar-refractivity contribution >= 4 is 34.9 Å². The van der Waals surface area contributed by atoms with Crippen LogP contribution in [0.25, 0.3) is 0 Å². The van der Waals surface area contributed by atoms with E-state index in [1.54, 1.807) is 40.9 Å². The van der Waals surface area contributed by atoms with Crippen molar-refractivity contribution in [2.45, 2.75) is 12.5 Å². The Balaban J connectivity index is 1.54. The van der Waals surface area contributed by atoms with Crippen LogP contribution in [0.1, 0.15) is 31.7 Å². The van der Waals surface area contributed by atoms with E-state index in [9.17, 15) is 9.59 Å². The molecule has 0 N–H and O–H groups in total. The molecule has 2 aromatic heterocycles. The summed E-state index contributed by atoms with van der Waals surface area (Å²) in [6.45, 7) is 0.581. The molecule has 0 saturated carbocycles. The Hall–Kier alpha value is -2.64. The average molecular weight is 414 g/mol. The lowest BCUT2D eigenvalue weighted by Crippen LogP contribution is -2.42. The molecule has 1 aliphatic heterocycles. The van der Waals surface area contributed by atoms with Gasteiger partial charge in [-0.25, -0.2) is 0 Å². The van der Waals surface area contributed by atoms with E-state index in [0.29, 0.717) is 23.6 Å². The lowest BCUT2D eigenvalue weighted by molar-refractivity contribution is -0.135. The molecule has 0 unspecified atom stereocenters. The maximum atomic E-state index is 13.0. The molecule has 0 saturated heterocycles. The number of fused-ring (bicyclic) bond motifs is 1. The minimum absolute atomic E-state index is 0.0644. The molecule has 1 atom stereocenters. The Morgan fingerprint density at radius 2 is 2.11 bits per heavy atom. The largest absolute Gasteiger partial charge is 0.493 e. The minimum Gasteiger partial charge on any atom is -0.493 e. The Labute approximate surface area is 171 Å². The molecule has 144 valence electrons. The van der Waals surface area contributed by atoms with Crippen molar-refractivity contribution in [3.05, 3.63) is 68.0 Å². The second-order valence-corrected chi connectivity index (χ2v) is 8.35. The van der Waals surface area contributed by atoms with Crippen molar-refractivity contribution in [1.29, 1.82) is 0 Å². The highest BCUT2D eigenvalue weighted by Gasteiger charge is 2.33. The number of amides is 1. The number of methoxy groups -OCH3 is 1. The first-order valence-electron chi connectivity index (χ1n) is 8.86. The summed E-state index contributed by atoms with van der Waals surface area (Å²) in [6.07, 6.45) is 1.60. The molecule has 3 aromatic rings. The normalized spacial score (nSPS) is 15.8. The van der Waals surface area contributed by atoms with Crippen molar-refractivity contribution in [3.63, 3.8) is 0 Å². The first-order valence-corrected chi connectivity index (χ1v) is 10.6. The van der Waals surface area contributed by atoms with E-state index < -0.39 is 0 Å². The van der Waals surface area contributed by atoms with Crippen LogP contribution in [0.15, 0.2) is 47.2 Å². The molecule has 0 fully saturated rings. The molecule has 5 nitrogen and oxygen atoms in total.